The molecule has 0 fully saturated rings. The first-order valence-electron chi connectivity index (χ1n) is 6.29. The molecule has 104 valence electrons. The van der Waals surface area contributed by atoms with Gasteiger partial charge in [-0.25, -0.2) is 4.39 Å². The van der Waals surface area contributed by atoms with E-state index < -0.39 is 0 Å². The Morgan fingerprint density at radius 1 is 1.42 bits per heavy atom. The van der Waals surface area contributed by atoms with Crippen LogP contribution in [0, 0.1) is 11.2 Å². The number of nitrogens with zero attached hydrogens (tertiary/aromatic N) is 1. The van der Waals surface area contributed by atoms with Gasteiger partial charge in [-0.05, 0) is 30.0 Å². The van der Waals surface area contributed by atoms with Crippen molar-refractivity contribution in [1.29, 1.82) is 0 Å². The zero-order valence-corrected chi connectivity index (χ0v) is 13.7. The van der Waals surface area contributed by atoms with Gasteiger partial charge in [0, 0.05) is 10.2 Å². The fourth-order valence-electron chi connectivity index (χ4n) is 1.91. The Labute approximate surface area is 126 Å². The van der Waals surface area contributed by atoms with Gasteiger partial charge in [-0.15, -0.1) is 0 Å². The van der Waals surface area contributed by atoms with Gasteiger partial charge in [-0.3, -0.25) is 4.99 Å². The van der Waals surface area contributed by atoms with Crippen LogP contribution >= 0.6 is 27.7 Å². The van der Waals surface area contributed by atoms with Gasteiger partial charge in [0.2, 0.25) is 0 Å². The summed E-state index contributed by atoms with van der Waals surface area (Å²) in [5, 5.41) is 3.91. The molecule has 1 aromatic carbocycles. The van der Waals surface area contributed by atoms with E-state index in [2.05, 4.69) is 42.0 Å². The second-order valence-corrected chi connectivity index (χ2v) is 7.70. The van der Waals surface area contributed by atoms with Crippen molar-refractivity contribution >= 4 is 38.5 Å². The predicted molar refractivity (Wildman–Crippen MR) is 85.5 cm³/mol. The van der Waals surface area contributed by atoms with Crippen LogP contribution in [0.5, 0.6) is 0 Å². The van der Waals surface area contributed by atoms with Gasteiger partial charge >= 0.3 is 0 Å². The number of anilines is 1. The first-order chi connectivity index (χ1) is 8.86. The Morgan fingerprint density at radius 3 is 2.79 bits per heavy atom. The molecule has 0 bridgehead atoms. The number of hydrogen-bond acceptors (Lipinski definition) is 3. The average molecular weight is 345 g/mol. The summed E-state index contributed by atoms with van der Waals surface area (Å²) in [6.45, 7) is 6.57. The Bertz CT molecular complexity index is 497. The highest BCUT2D eigenvalue weighted by Gasteiger charge is 2.27. The Kier molecular flexibility index (Phi) is 4.56. The number of rotatable bonds is 1. The summed E-state index contributed by atoms with van der Waals surface area (Å²) >= 11 is 4.91. The van der Waals surface area contributed by atoms with Crippen molar-refractivity contribution in [2.75, 3.05) is 11.1 Å². The quantitative estimate of drug-likeness (QED) is 0.782. The molecular formula is C14H18BrFN2S. The monoisotopic (exact) mass is 344 g/mol. The lowest BCUT2D eigenvalue weighted by Crippen LogP contribution is -2.30. The van der Waals surface area contributed by atoms with E-state index in [0.29, 0.717) is 5.69 Å². The minimum absolute atomic E-state index is 0.145. The van der Waals surface area contributed by atoms with E-state index in [1.54, 1.807) is 17.8 Å². The fraction of sp³-hybridized carbons (Fsp3) is 0.500. The molecule has 0 radical (unpaired) electrons. The van der Waals surface area contributed by atoms with Crippen LogP contribution in [-0.4, -0.2) is 17.0 Å². The van der Waals surface area contributed by atoms with E-state index in [1.807, 2.05) is 6.07 Å². The SMILES string of the molecule is CC(C)(C)C1CCSC(Nc2ccc(Br)cc2F)=N1. The summed E-state index contributed by atoms with van der Waals surface area (Å²) in [5.74, 6) is 0.752. The van der Waals surface area contributed by atoms with E-state index in [4.69, 9.17) is 4.99 Å². The van der Waals surface area contributed by atoms with Crippen molar-refractivity contribution in [3.63, 3.8) is 0 Å². The molecule has 0 saturated carbocycles. The lowest BCUT2D eigenvalue weighted by Gasteiger charge is -2.31. The molecule has 0 aromatic heterocycles. The molecule has 1 N–H and O–H groups in total. The van der Waals surface area contributed by atoms with Crippen molar-refractivity contribution in [3.05, 3.63) is 28.5 Å². The molecule has 1 heterocycles. The van der Waals surface area contributed by atoms with E-state index in [0.717, 1.165) is 21.8 Å². The topological polar surface area (TPSA) is 24.4 Å². The molecule has 19 heavy (non-hydrogen) atoms. The molecule has 2 rings (SSSR count). The molecule has 0 saturated heterocycles. The van der Waals surface area contributed by atoms with Crippen LogP contribution in [0.4, 0.5) is 10.1 Å². The van der Waals surface area contributed by atoms with E-state index in [9.17, 15) is 4.39 Å². The number of benzene rings is 1. The summed E-state index contributed by atoms with van der Waals surface area (Å²) in [6.07, 6.45) is 1.07. The number of amidine groups is 1. The highest BCUT2D eigenvalue weighted by Crippen LogP contribution is 2.31. The Morgan fingerprint density at radius 2 is 2.16 bits per heavy atom. The lowest BCUT2D eigenvalue weighted by molar-refractivity contribution is 0.316. The van der Waals surface area contributed by atoms with Crippen molar-refractivity contribution in [2.24, 2.45) is 10.4 Å². The largest absolute Gasteiger partial charge is 0.333 e. The summed E-state index contributed by atoms with van der Waals surface area (Å²) < 4.78 is 14.5. The third-order valence-corrected chi connectivity index (χ3v) is 4.49. The van der Waals surface area contributed by atoms with E-state index in [1.165, 1.54) is 6.07 Å². The van der Waals surface area contributed by atoms with Crippen molar-refractivity contribution in [1.82, 2.24) is 0 Å². The van der Waals surface area contributed by atoms with Gasteiger partial charge in [0.1, 0.15) is 5.82 Å². The number of thioether (sulfide) groups is 1. The predicted octanol–water partition coefficient (Wildman–Crippen LogP) is 4.91. The second kappa shape index (κ2) is 5.83. The summed E-state index contributed by atoms with van der Waals surface area (Å²) in [4.78, 5) is 4.70. The zero-order chi connectivity index (χ0) is 14.0. The average Bonchev–Trinajstić information content (AvgIpc) is 2.32. The van der Waals surface area contributed by atoms with Gasteiger partial charge in [0.15, 0.2) is 5.17 Å². The van der Waals surface area contributed by atoms with Gasteiger partial charge < -0.3 is 5.32 Å². The summed E-state index contributed by atoms with van der Waals surface area (Å²) in [7, 11) is 0. The Hall–Kier alpha value is -0.550. The highest BCUT2D eigenvalue weighted by atomic mass is 79.9. The number of halogens is 2. The fourth-order valence-corrected chi connectivity index (χ4v) is 3.16. The molecule has 1 aliphatic rings. The molecule has 0 spiro atoms. The van der Waals surface area contributed by atoms with Crippen LogP contribution in [0.2, 0.25) is 0 Å². The third-order valence-electron chi connectivity index (χ3n) is 3.08. The van der Waals surface area contributed by atoms with Crippen LogP contribution in [0.3, 0.4) is 0 Å². The maximum Gasteiger partial charge on any atom is 0.161 e. The van der Waals surface area contributed by atoms with Gasteiger partial charge in [0.05, 0.1) is 11.7 Å². The maximum atomic E-state index is 13.8. The van der Waals surface area contributed by atoms with E-state index >= 15 is 0 Å². The normalized spacial score (nSPS) is 20.1. The van der Waals surface area contributed by atoms with Crippen molar-refractivity contribution in [3.8, 4) is 0 Å². The van der Waals surface area contributed by atoms with Gasteiger partial charge in [-0.1, -0.05) is 48.5 Å². The molecule has 2 nitrogen and oxygen atoms in total. The van der Waals surface area contributed by atoms with Crippen LogP contribution in [-0.2, 0) is 0 Å². The van der Waals surface area contributed by atoms with Crippen LogP contribution in [0.1, 0.15) is 27.2 Å². The van der Waals surface area contributed by atoms with Crippen molar-refractivity contribution in [2.45, 2.75) is 33.2 Å². The van der Waals surface area contributed by atoms with Crippen molar-refractivity contribution < 1.29 is 4.39 Å². The molecule has 5 heteroatoms. The smallest absolute Gasteiger partial charge is 0.161 e. The second-order valence-electron chi connectivity index (χ2n) is 5.70. The Balaban J connectivity index is 2.16. The molecule has 1 unspecified atom stereocenters. The number of nitrogens with one attached hydrogen (secondary N) is 1. The first-order valence-corrected chi connectivity index (χ1v) is 8.07. The van der Waals surface area contributed by atoms with Crippen LogP contribution in [0.15, 0.2) is 27.7 Å². The van der Waals surface area contributed by atoms with E-state index in [-0.39, 0.29) is 17.3 Å². The van der Waals surface area contributed by atoms with Gasteiger partial charge in [0.25, 0.3) is 0 Å². The molecule has 1 aromatic rings. The zero-order valence-electron chi connectivity index (χ0n) is 11.3. The molecule has 1 atom stereocenters. The molecular weight excluding hydrogens is 327 g/mol. The van der Waals surface area contributed by atoms with Crippen LogP contribution < -0.4 is 5.32 Å². The minimum atomic E-state index is -0.268. The van der Waals surface area contributed by atoms with Gasteiger partial charge in [-0.2, -0.15) is 0 Å². The summed E-state index contributed by atoms with van der Waals surface area (Å²) in [5.41, 5.74) is 0.621. The molecule has 0 aliphatic carbocycles. The van der Waals surface area contributed by atoms with Crippen LogP contribution in [0.25, 0.3) is 0 Å². The first kappa shape index (κ1) is 14.9. The highest BCUT2D eigenvalue weighted by molar-refractivity contribution is 9.10. The minimum Gasteiger partial charge on any atom is -0.333 e. The standard InChI is InChI=1S/C14H18BrFN2S/c1-14(2,3)12-6-7-19-13(18-12)17-11-5-4-9(15)8-10(11)16/h4-5,8,12H,6-7H2,1-3H3,(H,17,18). The lowest BCUT2D eigenvalue weighted by atomic mass is 9.85. The molecule has 1 aliphatic heterocycles. The third kappa shape index (κ3) is 3.96. The maximum absolute atomic E-state index is 13.8. The summed E-state index contributed by atoms with van der Waals surface area (Å²) in [6, 6.07) is 5.29. The number of aliphatic imine (C=N–C) groups is 1. The molecule has 0 amide bonds. The number of hydrogen-bond donors (Lipinski definition) is 1.